The Kier molecular flexibility index (Phi) is 5.32. The van der Waals surface area contributed by atoms with Gasteiger partial charge in [-0.2, -0.15) is 12.7 Å². The van der Waals surface area contributed by atoms with Crippen LogP contribution < -0.4 is 4.72 Å². The van der Waals surface area contributed by atoms with Crippen molar-refractivity contribution >= 4 is 16.2 Å². The van der Waals surface area contributed by atoms with Crippen LogP contribution in [0, 0.1) is 5.92 Å². The van der Waals surface area contributed by atoms with Gasteiger partial charge in [-0.25, -0.2) is 9.71 Å². The first-order chi connectivity index (χ1) is 9.99. The third-order valence-corrected chi connectivity index (χ3v) is 5.19. The van der Waals surface area contributed by atoms with Crippen LogP contribution in [0.3, 0.4) is 0 Å². The van der Waals surface area contributed by atoms with Crippen molar-refractivity contribution in [3.05, 3.63) is 18.2 Å². The fourth-order valence-electron chi connectivity index (χ4n) is 2.33. The number of H-pyrrole nitrogens is 1. The van der Waals surface area contributed by atoms with E-state index in [1.165, 1.54) is 4.31 Å². The average Bonchev–Trinajstić information content (AvgIpc) is 2.97. The molecule has 21 heavy (non-hydrogen) atoms. The number of aromatic nitrogens is 2. The lowest BCUT2D eigenvalue weighted by atomic mass is 9.99. The van der Waals surface area contributed by atoms with Gasteiger partial charge < -0.3 is 10.1 Å². The molecule has 2 heterocycles. The molecular weight excluding hydrogens is 296 g/mol. The lowest BCUT2D eigenvalue weighted by molar-refractivity contribution is -0.142. The van der Waals surface area contributed by atoms with E-state index in [9.17, 15) is 13.2 Å². The summed E-state index contributed by atoms with van der Waals surface area (Å²) in [4.78, 5) is 17.9. The second kappa shape index (κ2) is 7.01. The molecule has 2 rings (SSSR count). The first kappa shape index (κ1) is 15.9. The number of imidazole rings is 1. The van der Waals surface area contributed by atoms with Crippen LogP contribution in [0.25, 0.3) is 0 Å². The topological polar surface area (TPSA) is 115 Å². The van der Waals surface area contributed by atoms with E-state index in [2.05, 4.69) is 14.7 Å². The number of carbonyl (C=O) groups is 1. The minimum atomic E-state index is -3.51. The standard InChI is InChI=1S/C12H20N4O4S/c17-12(18)10-3-8-16(9-4-10)21(19,20)15-5-1-2-11-13-6-7-14-11/h6-7,10,15H,1-5,8-9H2,(H,13,14)(H,17,18). The maximum absolute atomic E-state index is 12.1. The highest BCUT2D eigenvalue weighted by molar-refractivity contribution is 7.87. The van der Waals surface area contributed by atoms with Gasteiger partial charge in [-0.3, -0.25) is 4.79 Å². The van der Waals surface area contributed by atoms with Gasteiger partial charge in [0.05, 0.1) is 5.92 Å². The molecule has 9 heteroatoms. The van der Waals surface area contributed by atoms with Crippen LogP contribution in [0.1, 0.15) is 25.1 Å². The number of aromatic amines is 1. The van der Waals surface area contributed by atoms with Crippen LogP contribution in [0.4, 0.5) is 0 Å². The highest BCUT2D eigenvalue weighted by atomic mass is 32.2. The number of hydrogen-bond donors (Lipinski definition) is 3. The molecule has 3 N–H and O–H groups in total. The van der Waals surface area contributed by atoms with Crippen molar-refractivity contribution in [1.82, 2.24) is 19.0 Å². The van der Waals surface area contributed by atoms with Crippen LogP contribution in [-0.4, -0.2) is 53.4 Å². The van der Waals surface area contributed by atoms with Crippen molar-refractivity contribution in [3.63, 3.8) is 0 Å². The van der Waals surface area contributed by atoms with Crippen LogP contribution in [-0.2, 0) is 21.4 Å². The zero-order valence-corrected chi connectivity index (χ0v) is 12.5. The summed E-state index contributed by atoms with van der Waals surface area (Å²) < 4.78 is 28.0. The van der Waals surface area contributed by atoms with E-state index in [0.717, 1.165) is 5.82 Å². The van der Waals surface area contributed by atoms with E-state index in [1.807, 2.05) is 0 Å². The summed E-state index contributed by atoms with van der Waals surface area (Å²) in [7, 11) is -3.51. The van der Waals surface area contributed by atoms with Crippen LogP contribution in [0.5, 0.6) is 0 Å². The van der Waals surface area contributed by atoms with Gasteiger partial charge in [-0.1, -0.05) is 0 Å². The molecule has 1 aliphatic rings. The number of nitrogens with one attached hydrogen (secondary N) is 2. The Morgan fingerprint density at radius 2 is 2.19 bits per heavy atom. The maximum atomic E-state index is 12.1. The van der Waals surface area contributed by atoms with Crippen molar-refractivity contribution in [3.8, 4) is 0 Å². The summed E-state index contributed by atoms with van der Waals surface area (Å²) in [5.41, 5.74) is 0. The predicted molar refractivity (Wildman–Crippen MR) is 75.8 cm³/mol. The number of piperidine rings is 1. The molecule has 0 saturated carbocycles. The van der Waals surface area contributed by atoms with E-state index in [-0.39, 0.29) is 13.1 Å². The molecule has 0 radical (unpaired) electrons. The molecule has 0 aromatic carbocycles. The third kappa shape index (κ3) is 4.51. The molecule has 0 atom stereocenters. The van der Waals surface area contributed by atoms with E-state index in [4.69, 9.17) is 5.11 Å². The van der Waals surface area contributed by atoms with Crippen molar-refractivity contribution in [1.29, 1.82) is 0 Å². The minimum Gasteiger partial charge on any atom is -0.481 e. The first-order valence-electron chi connectivity index (χ1n) is 6.95. The number of carboxylic acid groups (broad SMARTS) is 1. The Labute approximate surface area is 123 Å². The Balaban J connectivity index is 1.73. The fourth-order valence-corrected chi connectivity index (χ4v) is 3.60. The molecule has 0 spiro atoms. The fraction of sp³-hybridized carbons (Fsp3) is 0.667. The van der Waals surface area contributed by atoms with Crippen molar-refractivity contribution in [2.75, 3.05) is 19.6 Å². The average molecular weight is 316 g/mol. The number of rotatable bonds is 7. The van der Waals surface area contributed by atoms with Gasteiger partial charge in [0.1, 0.15) is 5.82 Å². The smallest absolute Gasteiger partial charge is 0.306 e. The predicted octanol–water partition coefficient (Wildman–Crippen LogP) is -0.0267. The van der Waals surface area contributed by atoms with Gasteiger partial charge in [0, 0.05) is 38.4 Å². The normalized spacial score (nSPS) is 17.9. The molecule has 0 unspecified atom stereocenters. The SMILES string of the molecule is O=C(O)C1CCN(S(=O)(=O)NCCCc2ncc[nH]2)CC1. The highest BCUT2D eigenvalue weighted by Crippen LogP contribution is 2.19. The summed E-state index contributed by atoms with van der Waals surface area (Å²) in [5, 5.41) is 8.90. The van der Waals surface area contributed by atoms with Crippen LogP contribution in [0.15, 0.2) is 12.4 Å². The molecule has 118 valence electrons. The number of carboxylic acids is 1. The first-order valence-corrected chi connectivity index (χ1v) is 8.39. The number of hydrogen-bond acceptors (Lipinski definition) is 4. The largest absolute Gasteiger partial charge is 0.481 e. The Hall–Kier alpha value is -1.45. The second-order valence-corrected chi connectivity index (χ2v) is 6.81. The Morgan fingerprint density at radius 3 is 2.76 bits per heavy atom. The van der Waals surface area contributed by atoms with Gasteiger partial charge >= 0.3 is 5.97 Å². The van der Waals surface area contributed by atoms with Gasteiger partial charge in [0.15, 0.2) is 0 Å². The van der Waals surface area contributed by atoms with Crippen molar-refractivity contribution < 1.29 is 18.3 Å². The van der Waals surface area contributed by atoms with Gasteiger partial charge in [-0.05, 0) is 19.3 Å². The lowest BCUT2D eigenvalue weighted by Crippen LogP contribution is -2.46. The lowest BCUT2D eigenvalue weighted by Gasteiger charge is -2.29. The summed E-state index contributed by atoms with van der Waals surface area (Å²) in [6.07, 6.45) is 5.44. The third-order valence-electron chi connectivity index (χ3n) is 3.57. The van der Waals surface area contributed by atoms with E-state index in [1.54, 1.807) is 12.4 Å². The molecule has 1 aliphatic heterocycles. The summed E-state index contributed by atoms with van der Waals surface area (Å²) in [6.45, 7) is 0.844. The minimum absolute atomic E-state index is 0.254. The molecule has 8 nitrogen and oxygen atoms in total. The molecule has 0 amide bonds. The zero-order chi connectivity index (χ0) is 15.3. The molecule has 0 aliphatic carbocycles. The van der Waals surface area contributed by atoms with Crippen LogP contribution in [0.2, 0.25) is 0 Å². The second-order valence-electron chi connectivity index (χ2n) is 5.05. The molecule has 1 aromatic heterocycles. The molecular formula is C12H20N4O4S. The molecule has 1 fully saturated rings. The van der Waals surface area contributed by atoms with Crippen LogP contribution >= 0.6 is 0 Å². The van der Waals surface area contributed by atoms with Crippen molar-refractivity contribution in [2.24, 2.45) is 5.92 Å². The number of nitrogens with zero attached hydrogens (tertiary/aromatic N) is 2. The zero-order valence-electron chi connectivity index (χ0n) is 11.7. The molecule has 1 saturated heterocycles. The molecule has 0 bridgehead atoms. The van der Waals surface area contributed by atoms with E-state index in [0.29, 0.717) is 32.2 Å². The Bertz CT molecular complexity index is 550. The highest BCUT2D eigenvalue weighted by Gasteiger charge is 2.30. The maximum Gasteiger partial charge on any atom is 0.306 e. The number of aliphatic carboxylic acids is 1. The van der Waals surface area contributed by atoms with Gasteiger partial charge in [-0.15, -0.1) is 0 Å². The number of aryl methyl sites for hydroxylation is 1. The molecule has 1 aromatic rings. The monoisotopic (exact) mass is 316 g/mol. The van der Waals surface area contributed by atoms with Gasteiger partial charge in [0.25, 0.3) is 10.2 Å². The van der Waals surface area contributed by atoms with Gasteiger partial charge in [0.2, 0.25) is 0 Å². The van der Waals surface area contributed by atoms with E-state index >= 15 is 0 Å². The van der Waals surface area contributed by atoms with E-state index < -0.39 is 22.1 Å². The summed E-state index contributed by atoms with van der Waals surface area (Å²) in [5.74, 6) is -0.453. The summed E-state index contributed by atoms with van der Waals surface area (Å²) >= 11 is 0. The Morgan fingerprint density at radius 1 is 1.48 bits per heavy atom. The summed E-state index contributed by atoms with van der Waals surface area (Å²) in [6, 6.07) is 0. The van der Waals surface area contributed by atoms with Crippen molar-refractivity contribution in [2.45, 2.75) is 25.7 Å². The quantitative estimate of drug-likeness (QED) is 0.611.